The van der Waals surface area contributed by atoms with Gasteiger partial charge in [0.2, 0.25) is 11.6 Å². The molecule has 0 bridgehead atoms. The summed E-state index contributed by atoms with van der Waals surface area (Å²) in [4.78, 5) is 33.3. The third kappa shape index (κ3) is 5.03. The van der Waals surface area contributed by atoms with Gasteiger partial charge < -0.3 is 15.0 Å². The van der Waals surface area contributed by atoms with Gasteiger partial charge in [0.25, 0.3) is 0 Å². The third-order valence-electron chi connectivity index (χ3n) is 5.35. The number of hydrogen-bond donors (Lipinski definition) is 1. The number of rotatable bonds is 8. The number of nitrogens with one attached hydrogen (secondary N) is 1. The summed E-state index contributed by atoms with van der Waals surface area (Å²) < 4.78 is 4.81. The van der Waals surface area contributed by atoms with Gasteiger partial charge in [0, 0.05) is 18.8 Å². The SMILES string of the molecule is CCCCc1ccc(Nc2ncnc(N3CCC(C(=O)OC)CC3)c2[N+](=O)[O-])cc1. The van der Waals surface area contributed by atoms with E-state index in [9.17, 15) is 14.9 Å². The second-order valence-electron chi connectivity index (χ2n) is 7.36. The van der Waals surface area contributed by atoms with Crippen molar-refractivity contribution in [2.75, 3.05) is 30.4 Å². The lowest BCUT2D eigenvalue weighted by Crippen LogP contribution is -2.37. The van der Waals surface area contributed by atoms with Crippen LogP contribution in [0.3, 0.4) is 0 Å². The van der Waals surface area contributed by atoms with Gasteiger partial charge in [-0.25, -0.2) is 9.97 Å². The Morgan fingerprint density at radius 1 is 1.27 bits per heavy atom. The summed E-state index contributed by atoms with van der Waals surface area (Å²) in [6.07, 6.45) is 5.72. The van der Waals surface area contributed by atoms with Crippen LogP contribution in [0.1, 0.15) is 38.2 Å². The van der Waals surface area contributed by atoms with Gasteiger partial charge in [0.15, 0.2) is 0 Å². The number of benzene rings is 1. The molecule has 0 radical (unpaired) electrons. The zero-order chi connectivity index (χ0) is 21.5. The van der Waals surface area contributed by atoms with E-state index in [4.69, 9.17) is 4.74 Å². The van der Waals surface area contributed by atoms with Crippen molar-refractivity contribution in [3.63, 3.8) is 0 Å². The topological polar surface area (TPSA) is 110 Å². The van der Waals surface area contributed by atoms with Crippen LogP contribution >= 0.6 is 0 Å². The van der Waals surface area contributed by atoms with Gasteiger partial charge in [0.05, 0.1) is 18.0 Å². The van der Waals surface area contributed by atoms with Crippen molar-refractivity contribution in [2.45, 2.75) is 39.0 Å². The van der Waals surface area contributed by atoms with Crippen molar-refractivity contribution >= 4 is 29.0 Å². The summed E-state index contributed by atoms with van der Waals surface area (Å²) in [7, 11) is 1.37. The average Bonchev–Trinajstić information content (AvgIpc) is 2.78. The van der Waals surface area contributed by atoms with Crippen LogP contribution in [0.4, 0.5) is 23.0 Å². The van der Waals surface area contributed by atoms with Crippen molar-refractivity contribution < 1.29 is 14.5 Å². The van der Waals surface area contributed by atoms with Crippen LogP contribution in [0.5, 0.6) is 0 Å². The highest BCUT2D eigenvalue weighted by Gasteiger charge is 2.32. The molecule has 0 atom stereocenters. The molecule has 0 aliphatic carbocycles. The van der Waals surface area contributed by atoms with E-state index in [0.717, 1.165) is 24.9 Å². The fourth-order valence-electron chi connectivity index (χ4n) is 3.63. The molecule has 0 amide bonds. The minimum Gasteiger partial charge on any atom is -0.469 e. The average molecular weight is 413 g/mol. The van der Waals surface area contributed by atoms with Gasteiger partial charge >= 0.3 is 11.7 Å². The zero-order valence-corrected chi connectivity index (χ0v) is 17.3. The molecule has 1 fully saturated rings. The van der Waals surface area contributed by atoms with E-state index in [1.807, 2.05) is 29.2 Å². The molecule has 1 aromatic heterocycles. The predicted molar refractivity (Wildman–Crippen MR) is 114 cm³/mol. The molecule has 3 rings (SSSR count). The quantitative estimate of drug-likeness (QED) is 0.395. The molecule has 2 heterocycles. The number of aromatic nitrogens is 2. The third-order valence-corrected chi connectivity index (χ3v) is 5.35. The number of unbranched alkanes of at least 4 members (excludes halogenated alkanes) is 1. The molecular formula is C21H27N5O4. The number of nitro groups is 1. The van der Waals surface area contributed by atoms with Crippen molar-refractivity contribution in [3.05, 3.63) is 46.3 Å². The van der Waals surface area contributed by atoms with Crippen molar-refractivity contribution in [3.8, 4) is 0 Å². The fraction of sp³-hybridized carbons (Fsp3) is 0.476. The summed E-state index contributed by atoms with van der Waals surface area (Å²) in [5, 5.41) is 14.9. The second kappa shape index (κ2) is 10.00. The number of ether oxygens (including phenoxy) is 1. The number of hydrogen-bond acceptors (Lipinski definition) is 8. The van der Waals surface area contributed by atoms with Crippen LogP contribution in [0.15, 0.2) is 30.6 Å². The van der Waals surface area contributed by atoms with Crippen LogP contribution in [-0.2, 0) is 16.0 Å². The number of nitrogens with zero attached hydrogens (tertiary/aromatic N) is 4. The monoisotopic (exact) mass is 413 g/mol. The number of aryl methyl sites for hydroxylation is 1. The Morgan fingerprint density at radius 2 is 1.97 bits per heavy atom. The molecule has 9 heteroatoms. The summed E-state index contributed by atoms with van der Waals surface area (Å²) in [5.41, 5.74) is 1.80. The van der Waals surface area contributed by atoms with Crippen LogP contribution in [0.2, 0.25) is 0 Å². The van der Waals surface area contributed by atoms with Gasteiger partial charge in [-0.3, -0.25) is 14.9 Å². The number of carbonyl (C=O) groups is 1. The Balaban J connectivity index is 1.78. The van der Waals surface area contributed by atoms with Crippen molar-refractivity contribution in [1.29, 1.82) is 0 Å². The maximum atomic E-state index is 11.9. The molecular weight excluding hydrogens is 386 g/mol. The van der Waals surface area contributed by atoms with E-state index in [0.29, 0.717) is 25.9 Å². The summed E-state index contributed by atoms with van der Waals surface area (Å²) in [6, 6.07) is 7.84. The second-order valence-corrected chi connectivity index (χ2v) is 7.36. The molecule has 160 valence electrons. The number of anilines is 3. The molecule has 1 aromatic carbocycles. The lowest BCUT2D eigenvalue weighted by molar-refractivity contribution is -0.383. The molecule has 0 saturated carbocycles. The normalized spacial score (nSPS) is 14.4. The van der Waals surface area contributed by atoms with Crippen LogP contribution in [0.25, 0.3) is 0 Å². The van der Waals surface area contributed by atoms with E-state index in [2.05, 4.69) is 22.2 Å². The van der Waals surface area contributed by atoms with Crippen molar-refractivity contribution in [1.82, 2.24) is 9.97 Å². The first-order valence-corrected chi connectivity index (χ1v) is 10.2. The fourth-order valence-corrected chi connectivity index (χ4v) is 3.63. The summed E-state index contributed by atoms with van der Waals surface area (Å²) in [5.74, 6) is -0.00526. The Kier molecular flexibility index (Phi) is 7.16. The van der Waals surface area contributed by atoms with Crippen LogP contribution < -0.4 is 10.2 Å². The van der Waals surface area contributed by atoms with Gasteiger partial charge in [0.1, 0.15) is 6.33 Å². The molecule has 9 nitrogen and oxygen atoms in total. The first kappa shape index (κ1) is 21.5. The Labute approximate surface area is 175 Å². The highest BCUT2D eigenvalue weighted by Crippen LogP contribution is 2.35. The predicted octanol–water partition coefficient (Wildman–Crippen LogP) is 3.86. The zero-order valence-electron chi connectivity index (χ0n) is 17.3. The molecule has 1 N–H and O–H groups in total. The maximum Gasteiger partial charge on any atom is 0.353 e. The van der Waals surface area contributed by atoms with E-state index >= 15 is 0 Å². The summed E-state index contributed by atoms with van der Waals surface area (Å²) in [6.45, 7) is 3.13. The number of piperidine rings is 1. The van der Waals surface area contributed by atoms with Crippen LogP contribution in [-0.4, -0.2) is 41.1 Å². The highest BCUT2D eigenvalue weighted by atomic mass is 16.6. The molecule has 1 saturated heterocycles. The van der Waals surface area contributed by atoms with Crippen molar-refractivity contribution in [2.24, 2.45) is 5.92 Å². The smallest absolute Gasteiger partial charge is 0.353 e. The number of carbonyl (C=O) groups excluding carboxylic acids is 1. The van der Waals surface area contributed by atoms with E-state index in [-0.39, 0.29) is 29.2 Å². The Hall–Kier alpha value is -3.23. The highest BCUT2D eigenvalue weighted by molar-refractivity contribution is 5.75. The maximum absolute atomic E-state index is 11.9. The van der Waals surface area contributed by atoms with Gasteiger partial charge in [-0.1, -0.05) is 25.5 Å². The van der Waals surface area contributed by atoms with E-state index in [1.54, 1.807) is 0 Å². The first-order chi connectivity index (χ1) is 14.5. The van der Waals surface area contributed by atoms with Gasteiger partial charge in [-0.15, -0.1) is 0 Å². The minimum absolute atomic E-state index is 0.154. The lowest BCUT2D eigenvalue weighted by Gasteiger charge is -2.31. The van der Waals surface area contributed by atoms with E-state index in [1.165, 1.54) is 19.0 Å². The molecule has 2 aromatic rings. The molecule has 0 spiro atoms. The standard InChI is InChI=1S/C21H27N5O4/c1-3-4-5-15-6-8-17(9-7-15)24-19-18(26(28)29)20(23-14-22-19)25-12-10-16(11-13-25)21(27)30-2/h6-9,14,16H,3-5,10-13H2,1-2H3,(H,22,23,24). The minimum atomic E-state index is -0.459. The summed E-state index contributed by atoms with van der Waals surface area (Å²) >= 11 is 0. The molecule has 1 aliphatic heterocycles. The molecule has 0 unspecified atom stereocenters. The van der Waals surface area contributed by atoms with Gasteiger partial charge in [-0.2, -0.15) is 0 Å². The van der Waals surface area contributed by atoms with Gasteiger partial charge in [-0.05, 0) is 43.4 Å². The van der Waals surface area contributed by atoms with Crippen LogP contribution in [0, 0.1) is 16.0 Å². The number of esters is 1. The largest absolute Gasteiger partial charge is 0.469 e. The first-order valence-electron chi connectivity index (χ1n) is 10.2. The molecule has 1 aliphatic rings. The van der Waals surface area contributed by atoms with E-state index < -0.39 is 4.92 Å². The molecule has 30 heavy (non-hydrogen) atoms. The number of methoxy groups -OCH3 is 1. The Morgan fingerprint density at radius 3 is 2.57 bits per heavy atom. The lowest BCUT2D eigenvalue weighted by atomic mass is 9.97. The Bertz CT molecular complexity index is 879.